The predicted octanol–water partition coefficient (Wildman–Crippen LogP) is 3.09. The zero-order valence-corrected chi connectivity index (χ0v) is 8.06. The molecule has 0 aromatic carbocycles. The van der Waals surface area contributed by atoms with Crippen LogP contribution in [0.4, 0.5) is 13.2 Å². The molecule has 0 radical (unpaired) electrons. The summed E-state index contributed by atoms with van der Waals surface area (Å²) in [6.07, 6.45) is -1.33. The minimum Gasteiger partial charge on any atom is -0.258 e. The van der Waals surface area contributed by atoms with Gasteiger partial charge in [0.1, 0.15) is 6.67 Å². The molecule has 1 nitrogen and oxygen atoms in total. The average Bonchev–Trinajstić information content (AvgIpc) is 2.03. The van der Waals surface area contributed by atoms with Gasteiger partial charge in [0.25, 0.3) is 6.43 Å². The molecule has 66 valence electrons. The summed E-state index contributed by atoms with van der Waals surface area (Å²) < 4.78 is 37.0. The molecular weight excluding hydrogens is 282 g/mol. The van der Waals surface area contributed by atoms with Crippen LogP contribution in [-0.2, 0) is 6.67 Å². The third-order valence-electron chi connectivity index (χ3n) is 1.36. The summed E-state index contributed by atoms with van der Waals surface area (Å²) in [5.41, 5.74) is -0.461. The number of rotatable bonds is 2. The van der Waals surface area contributed by atoms with Crippen LogP contribution in [0.3, 0.4) is 0 Å². The van der Waals surface area contributed by atoms with Crippen molar-refractivity contribution in [2.24, 2.45) is 0 Å². The zero-order chi connectivity index (χ0) is 9.14. The van der Waals surface area contributed by atoms with Gasteiger partial charge >= 0.3 is 0 Å². The van der Waals surface area contributed by atoms with E-state index in [1.807, 2.05) is 0 Å². The molecule has 0 N–H and O–H groups in total. The predicted molar refractivity (Wildman–Crippen MR) is 46.7 cm³/mol. The number of aromatic nitrogens is 1. The van der Waals surface area contributed by atoms with Crippen molar-refractivity contribution in [3.8, 4) is 0 Å². The Kier molecular flexibility index (Phi) is 3.30. The summed E-state index contributed by atoms with van der Waals surface area (Å²) >= 11 is 1.74. The molecule has 5 heteroatoms. The zero-order valence-electron chi connectivity index (χ0n) is 5.90. The molecule has 0 aliphatic rings. The standard InChI is InChI=1S/C7H5F3IN/c8-3-5-6(7(9)10)4(11)1-2-12-5/h1-2,7H,3H2. The Morgan fingerprint density at radius 3 is 2.58 bits per heavy atom. The van der Waals surface area contributed by atoms with Gasteiger partial charge in [-0.1, -0.05) is 0 Å². The van der Waals surface area contributed by atoms with Crippen LogP contribution in [0.15, 0.2) is 12.3 Å². The van der Waals surface area contributed by atoms with E-state index in [1.165, 1.54) is 12.3 Å². The number of hydrogen-bond donors (Lipinski definition) is 0. The highest BCUT2D eigenvalue weighted by Crippen LogP contribution is 2.26. The summed E-state index contributed by atoms with van der Waals surface area (Å²) in [5.74, 6) is 0. The first kappa shape index (κ1) is 9.76. The Morgan fingerprint density at radius 1 is 1.50 bits per heavy atom. The van der Waals surface area contributed by atoms with Crippen LogP contribution in [0, 0.1) is 3.57 Å². The number of halogens is 4. The van der Waals surface area contributed by atoms with Crippen molar-refractivity contribution in [3.63, 3.8) is 0 Å². The molecule has 0 aliphatic heterocycles. The molecule has 0 saturated carbocycles. The van der Waals surface area contributed by atoms with Crippen LogP contribution < -0.4 is 0 Å². The second kappa shape index (κ2) is 4.06. The van der Waals surface area contributed by atoms with Crippen molar-refractivity contribution in [1.82, 2.24) is 4.98 Å². The summed E-state index contributed by atoms with van der Waals surface area (Å²) in [7, 11) is 0. The van der Waals surface area contributed by atoms with Crippen molar-refractivity contribution < 1.29 is 13.2 Å². The fraction of sp³-hybridized carbons (Fsp3) is 0.286. The maximum Gasteiger partial charge on any atom is 0.266 e. The third-order valence-corrected chi connectivity index (χ3v) is 2.30. The number of hydrogen-bond acceptors (Lipinski definition) is 1. The maximum absolute atomic E-state index is 12.3. The van der Waals surface area contributed by atoms with E-state index in [0.717, 1.165) is 0 Å². The van der Waals surface area contributed by atoms with Crippen molar-refractivity contribution in [2.75, 3.05) is 0 Å². The molecule has 0 aliphatic carbocycles. The minimum atomic E-state index is -2.66. The van der Waals surface area contributed by atoms with Crippen molar-refractivity contribution in [2.45, 2.75) is 13.1 Å². The first-order valence-corrected chi connectivity index (χ1v) is 4.22. The molecule has 1 rings (SSSR count). The van der Waals surface area contributed by atoms with Gasteiger partial charge in [0.05, 0.1) is 11.3 Å². The Balaban J connectivity index is 3.20. The normalized spacial score (nSPS) is 10.8. The molecular formula is C7H5F3IN. The molecule has 0 spiro atoms. The van der Waals surface area contributed by atoms with E-state index in [0.29, 0.717) is 3.57 Å². The molecule has 0 atom stereocenters. The van der Waals surface area contributed by atoms with E-state index in [-0.39, 0.29) is 11.3 Å². The van der Waals surface area contributed by atoms with Crippen LogP contribution in [0.5, 0.6) is 0 Å². The molecule has 1 heterocycles. The molecule has 0 saturated heterocycles. The number of pyridine rings is 1. The summed E-state index contributed by atoms with van der Waals surface area (Å²) in [6, 6.07) is 1.43. The molecule has 0 bridgehead atoms. The highest BCUT2D eigenvalue weighted by molar-refractivity contribution is 14.1. The Morgan fingerprint density at radius 2 is 2.17 bits per heavy atom. The lowest BCUT2D eigenvalue weighted by atomic mass is 10.2. The van der Waals surface area contributed by atoms with Crippen LogP contribution in [-0.4, -0.2) is 4.98 Å². The molecule has 0 fully saturated rings. The maximum atomic E-state index is 12.3. The van der Waals surface area contributed by atoms with Crippen molar-refractivity contribution in [3.05, 3.63) is 27.1 Å². The first-order valence-electron chi connectivity index (χ1n) is 3.14. The van der Waals surface area contributed by atoms with E-state index in [4.69, 9.17) is 0 Å². The lowest BCUT2D eigenvalue weighted by Crippen LogP contribution is -1.98. The molecule has 1 aromatic rings. The highest BCUT2D eigenvalue weighted by Gasteiger charge is 2.16. The van der Waals surface area contributed by atoms with Gasteiger partial charge in [0, 0.05) is 9.77 Å². The number of alkyl halides is 3. The van der Waals surface area contributed by atoms with E-state index in [9.17, 15) is 13.2 Å². The Bertz CT molecular complexity index is 277. The van der Waals surface area contributed by atoms with Crippen LogP contribution >= 0.6 is 22.6 Å². The molecule has 1 aromatic heterocycles. The van der Waals surface area contributed by atoms with E-state index < -0.39 is 13.1 Å². The Hall–Kier alpha value is -0.330. The van der Waals surface area contributed by atoms with Crippen molar-refractivity contribution >= 4 is 22.6 Å². The van der Waals surface area contributed by atoms with Gasteiger partial charge < -0.3 is 0 Å². The monoisotopic (exact) mass is 287 g/mol. The lowest BCUT2D eigenvalue weighted by molar-refractivity contribution is 0.147. The lowest BCUT2D eigenvalue weighted by Gasteiger charge is -2.05. The largest absolute Gasteiger partial charge is 0.266 e. The van der Waals surface area contributed by atoms with Gasteiger partial charge in [0.2, 0.25) is 0 Å². The van der Waals surface area contributed by atoms with Crippen LogP contribution in [0.2, 0.25) is 0 Å². The average molecular weight is 287 g/mol. The molecule has 0 amide bonds. The van der Waals surface area contributed by atoms with E-state index in [2.05, 4.69) is 4.98 Å². The minimum absolute atomic E-state index is 0.170. The second-order valence-corrected chi connectivity index (χ2v) is 3.25. The fourth-order valence-corrected chi connectivity index (χ4v) is 1.53. The number of nitrogens with zero attached hydrogens (tertiary/aromatic N) is 1. The van der Waals surface area contributed by atoms with Gasteiger partial charge in [-0.2, -0.15) is 0 Å². The summed E-state index contributed by atoms with van der Waals surface area (Å²) in [6.45, 7) is -0.948. The van der Waals surface area contributed by atoms with Crippen LogP contribution in [0.25, 0.3) is 0 Å². The van der Waals surface area contributed by atoms with E-state index >= 15 is 0 Å². The Labute approximate surface area is 81.1 Å². The summed E-state index contributed by atoms with van der Waals surface area (Å²) in [5, 5.41) is 0. The SMILES string of the molecule is FCc1nccc(I)c1C(F)F. The smallest absolute Gasteiger partial charge is 0.258 e. The summed E-state index contributed by atoms with van der Waals surface area (Å²) in [4.78, 5) is 3.52. The van der Waals surface area contributed by atoms with E-state index in [1.54, 1.807) is 22.6 Å². The van der Waals surface area contributed by atoms with Gasteiger partial charge in [-0.05, 0) is 28.7 Å². The highest BCUT2D eigenvalue weighted by atomic mass is 127. The quantitative estimate of drug-likeness (QED) is 0.762. The third kappa shape index (κ3) is 1.88. The fourth-order valence-electron chi connectivity index (χ4n) is 0.827. The first-order chi connectivity index (χ1) is 5.66. The second-order valence-electron chi connectivity index (χ2n) is 2.09. The van der Waals surface area contributed by atoms with Gasteiger partial charge in [-0.15, -0.1) is 0 Å². The van der Waals surface area contributed by atoms with Gasteiger partial charge in [0.15, 0.2) is 0 Å². The van der Waals surface area contributed by atoms with Crippen LogP contribution in [0.1, 0.15) is 17.7 Å². The topological polar surface area (TPSA) is 12.9 Å². The van der Waals surface area contributed by atoms with Crippen molar-refractivity contribution in [1.29, 1.82) is 0 Å². The van der Waals surface area contributed by atoms with Gasteiger partial charge in [-0.3, -0.25) is 4.98 Å². The molecule has 0 unspecified atom stereocenters. The molecule has 12 heavy (non-hydrogen) atoms. The van der Waals surface area contributed by atoms with Gasteiger partial charge in [-0.25, -0.2) is 13.2 Å².